The maximum absolute atomic E-state index is 3.32. The maximum atomic E-state index is 3.32. The van der Waals surface area contributed by atoms with E-state index in [2.05, 4.69) is 36.3 Å². The first kappa shape index (κ1) is 9.07. The summed E-state index contributed by atoms with van der Waals surface area (Å²) in [6.45, 7) is 6.11. The Labute approximate surface area is 73.7 Å². The molecule has 66 valence electrons. The van der Waals surface area contributed by atoms with Crippen molar-refractivity contribution in [3.05, 3.63) is 35.7 Å². The first-order chi connectivity index (χ1) is 5.79. The smallest absolute Gasteiger partial charge is 0.0223 e. The third-order valence-electron chi connectivity index (χ3n) is 1.65. The zero-order valence-electron chi connectivity index (χ0n) is 7.72. The van der Waals surface area contributed by atoms with E-state index in [-0.39, 0.29) is 0 Å². The molecular formula is C10H16N2. The lowest BCUT2D eigenvalue weighted by Crippen LogP contribution is -2.12. The quantitative estimate of drug-likeness (QED) is 0.517. The van der Waals surface area contributed by atoms with Crippen molar-refractivity contribution in [1.82, 2.24) is 10.3 Å². The van der Waals surface area contributed by atoms with Gasteiger partial charge in [-0.1, -0.05) is 11.6 Å². The lowest BCUT2D eigenvalue weighted by Gasteiger charge is -1.98. The molecule has 2 nitrogen and oxygen atoms in total. The van der Waals surface area contributed by atoms with E-state index in [1.165, 1.54) is 11.1 Å². The van der Waals surface area contributed by atoms with Gasteiger partial charge in [-0.3, -0.25) is 0 Å². The minimum absolute atomic E-state index is 0.938. The van der Waals surface area contributed by atoms with Crippen LogP contribution in [0.15, 0.2) is 30.1 Å². The maximum Gasteiger partial charge on any atom is 0.0223 e. The molecule has 0 fully saturated rings. The number of allylic oxidation sites excluding steroid dienone is 1. The van der Waals surface area contributed by atoms with Gasteiger partial charge in [0.25, 0.3) is 0 Å². The van der Waals surface area contributed by atoms with Gasteiger partial charge in [0.1, 0.15) is 0 Å². The van der Waals surface area contributed by atoms with Crippen molar-refractivity contribution in [3.63, 3.8) is 0 Å². The second-order valence-electron chi connectivity index (χ2n) is 3.13. The van der Waals surface area contributed by atoms with Crippen molar-refractivity contribution in [2.75, 3.05) is 6.54 Å². The molecule has 0 aliphatic carbocycles. The summed E-state index contributed by atoms with van der Waals surface area (Å²) in [4.78, 5) is 3.02. The molecule has 1 aromatic heterocycles. The van der Waals surface area contributed by atoms with Gasteiger partial charge >= 0.3 is 0 Å². The Balaban J connectivity index is 2.16. The van der Waals surface area contributed by atoms with E-state index in [9.17, 15) is 0 Å². The average molecular weight is 164 g/mol. The number of hydrogen-bond acceptors (Lipinski definition) is 1. The monoisotopic (exact) mass is 164 g/mol. The Morgan fingerprint density at radius 1 is 1.58 bits per heavy atom. The third-order valence-corrected chi connectivity index (χ3v) is 1.65. The predicted octanol–water partition coefficient (Wildman–Crippen LogP) is 2.07. The van der Waals surface area contributed by atoms with Gasteiger partial charge in [0.15, 0.2) is 0 Å². The Morgan fingerprint density at radius 2 is 2.42 bits per heavy atom. The molecule has 1 heterocycles. The van der Waals surface area contributed by atoms with E-state index in [0.29, 0.717) is 0 Å². The Bertz CT molecular complexity index is 230. The Morgan fingerprint density at radius 3 is 3.00 bits per heavy atom. The van der Waals surface area contributed by atoms with Crippen molar-refractivity contribution < 1.29 is 0 Å². The van der Waals surface area contributed by atoms with Gasteiger partial charge in [0.05, 0.1) is 0 Å². The minimum Gasteiger partial charge on any atom is -0.367 e. The van der Waals surface area contributed by atoms with Crippen LogP contribution in [0.5, 0.6) is 0 Å². The van der Waals surface area contributed by atoms with Crippen molar-refractivity contribution in [3.8, 4) is 0 Å². The first-order valence-corrected chi connectivity index (χ1v) is 4.25. The number of aromatic amines is 1. The second-order valence-corrected chi connectivity index (χ2v) is 3.13. The zero-order valence-corrected chi connectivity index (χ0v) is 7.72. The predicted molar refractivity (Wildman–Crippen MR) is 51.9 cm³/mol. The highest BCUT2D eigenvalue weighted by atomic mass is 14.8. The molecule has 1 rings (SSSR count). The fourth-order valence-corrected chi connectivity index (χ4v) is 0.961. The number of aromatic nitrogens is 1. The molecule has 0 atom stereocenters. The van der Waals surface area contributed by atoms with Crippen molar-refractivity contribution in [2.45, 2.75) is 20.4 Å². The van der Waals surface area contributed by atoms with Gasteiger partial charge in [-0.15, -0.1) is 0 Å². The molecule has 0 amide bonds. The van der Waals surface area contributed by atoms with Crippen LogP contribution in [0.1, 0.15) is 19.4 Å². The second kappa shape index (κ2) is 4.78. The molecule has 0 bridgehead atoms. The summed E-state index contributed by atoms with van der Waals surface area (Å²) in [6, 6.07) is 2.08. The topological polar surface area (TPSA) is 27.8 Å². The van der Waals surface area contributed by atoms with Gasteiger partial charge < -0.3 is 10.3 Å². The van der Waals surface area contributed by atoms with Crippen LogP contribution in [0.25, 0.3) is 0 Å². The number of rotatable bonds is 4. The van der Waals surface area contributed by atoms with Crippen LogP contribution < -0.4 is 5.32 Å². The van der Waals surface area contributed by atoms with Crippen LogP contribution in [-0.4, -0.2) is 11.5 Å². The number of hydrogen-bond donors (Lipinski definition) is 2. The Kier molecular flexibility index (Phi) is 3.61. The molecule has 1 aromatic rings. The van der Waals surface area contributed by atoms with Crippen LogP contribution in [0, 0.1) is 0 Å². The summed E-state index contributed by atoms with van der Waals surface area (Å²) in [7, 11) is 0. The van der Waals surface area contributed by atoms with Gasteiger partial charge in [-0.25, -0.2) is 0 Å². The van der Waals surface area contributed by atoms with E-state index >= 15 is 0 Å². The fourth-order valence-electron chi connectivity index (χ4n) is 0.961. The highest BCUT2D eigenvalue weighted by Gasteiger charge is 1.88. The Hall–Kier alpha value is -1.02. The summed E-state index contributed by atoms with van der Waals surface area (Å²) >= 11 is 0. The summed E-state index contributed by atoms with van der Waals surface area (Å²) in [5.41, 5.74) is 2.66. The third kappa shape index (κ3) is 3.39. The first-order valence-electron chi connectivity index (χ1n) is 4.25. The van der Waals surface area contributed by atoms with Crippen LogP contribution in [0.4, 0.5) is 0 Å². The van der Waals surface area contributed by atoms with Gasteiger partial charge in [-0.05, 0) is 25.5 Å². The summed E-state index contributed by atoms with van der Waals surface area (Å²) in [5, 5.41) is 3.32. The lowest BCUT2D eigenvalue weighted by atomic mass is 10.3. The molecule has 2 heteroatoms. The molecule has 0 saturated heterocycles. The molecule has 0 spiro atoms. The molecule has 2 N–H and O–H groups in total. The van der Waals surface area contributed by atoms with Crippen molar-refractivity contribution in [1.29, 1.82) is 0 Å². The van der Waals surface area contributed by atoms with Crippen LogP contribution in [0.2, 0.25) is 0 Å². The summed E-state index contributed by atoms with van der Waals surface area (Å²) in [5.74, 6) is 0. The zero-order chi connectivity index (χ0) is 8.81. The summed E-state index contributed by atoms with van der Waals surface area (Å²) in [6.07, 6.45) is 6.14. The van der Waals surface area contributed by atoms with Crippen molar-refractivity contribution >= 4 is 0 Å². The van der Waals surface area contributed by atoms with Crippen LogP contribution >= 0.6 is 0 Å². The van der Waals surface area contributed by atoms with E-state index in [1.54, 1.807) is 0 Å². The van der Waals surface area contributed by atoms with Gasteiger partial charge in [0.2, 0.25) is 0 Å². The van der Waals surface area contributed by atoms with E-state index in [1.807, 2.05) is 12.4 Å². The normalized spacial score (nSPS) is 9.83. The molecule has 0 aliphatic heterocycles. The highest BCUT2D eigenvalue weighted by molar-refractivity contribution is 5.08. The highest BCUT2D eigenvalue weighted by Crippen LogP contribution is 1.94. The fraction of sp³-hybridized carbons (Fsp3) is 0.400. The minimum atomic E-state index is 0.938. The molecule has 12 heavy (non-hydrogen) atoms. The molecule has 0 saturated carbocycles. The van der Waals surface area contributed by atoms with E-state index in [0.717, 1.165) is 13.1 Å². The molecule has 0 aromatic carbocycles. The van der Waals surface area contributed by atoms with Crippen LogP contribution in [0.3, 0.4) is 0 Å². The lowest BCUT2D eigenvalue weighted by molar-refractivity contribution is 0.758. The molecule has 0 unspecified atom stereocenters. The van der Waals surface area contributed by atoms with E-state index in [4.69, 9.17) is 0 Å². The summed E-state index contributed by atoms with van der Waals surface area (Å²) < 4.78 is 0. The standard InChI is InChI=1S/C10H16N2/c1-9(2)3-5-11-7-10-4-6-12-8-10/h3-4,6,8,11-12H,5,7H2,1-2H3. The van der Waals surface area contributed by atoms with Crippen LogP contribution in [-0.2, 0) is 6.54 Å². The molecule has 0 aliphatic rings. The largest absolute Gasteiger partial charge is 0.367 e. The van der Waals surface area contributed by atoms with Crippen molar-refractivity contribution in [2.24, 2.45) is 0 Å². The van der Waals surface area contributed by atoms with E-state index < -0.39 is 0 Å². The van der Waals surface area contributed by atoms with Gasteiger partial charge in [-0.2, -0.15) is 0 Å². The number of nitrogens with one attached hydrogen (secondary N) is 2. The van der Waals surface area contributed by atoms with Gasteiger partial charge in [0, 0.05) is 25.5 Å². The molecule has 0 radical (unpaired) electrons. The SMILES string of the molecule is CC(C)=CCNCc1cc[nH]c1. The molecular weight excluding hydrogens is 148 g/mol. The average Bonchev–Trinajstić information content (AvgIpc) is 2.49. The number of H-pyrrole nitrogens is 1.